The maximum atomic E-state index is 12.5. The van der Waals surface area contributed by atoms with Crippen molar-refractivity contribution in [2.45, 2.75) is 51.4 Å². The third-order valence-corrected chi connectivity index (χ3v) is 4.39. The van der Waals surface area contributed by atoms with E-state index < -0.39 is 5.79 Å². The Hall–Kier alpha value is -1.59. The fourth-order valence-electron chi connectivity index (χ4n) is 3.20. The first kappa shape index (κ1) is 17.2. The molecule has 0 aromatic heterocycles. The van der Waals surface area contributed by atoms with Gasteiger partial charge in [0.2, 0.25) is 5.91 Å². The Kier molecular flexibility index (Phi) is 4.83. The van der Waals surface area contributed by atoms with Gasteiger partial charge in [0.05, 0.1) is 19.6 Å². The van der Waals surface area contributed by atoms with Gasteiger partial charge < -0.3 is 19.1 Å². The van der Waals surface area contributed by atoms with Crippen LogP contribution in [-0.4, -0.2) is 48.5 Å². The summed E-state index contributed by atoms with van der Waals surface area (Å²) in [5, 5.41) is 0. The largest absolute Gasteiger partial charge is 0.488 e. The molecule has 1 amide bonds. The lowest BCUT2D eigenvalue weighted by molar-refractivity contribution is -0.187. The smallest absolute Gasteiger partial charge is 0.226 e. The fourth-order valence-corrected chi connectivity index (χ4v) is 3.20. The van der Waals surface area contributed by atoms with Gasteiger partial charge in [0.25, 0.3) is 0 Å². The molecule has 1 spiro atoms. The van der Waals surface area contributed by atoms with Gasteiger partial charge in [-0.2, -0.15) is 0 Å². The molecule has 1 aromatic rings. The van der Waals surface area contributed by atoms with Crippen LogP contribution in [0.15, 0.2) is 24.3 Å². The van der Waals surface area contributed by atoms with Crippen molar-refractivity contribution in [1.82, 2.24) is 4.90 Å². The summed E-state index contributed by atoms with van der Waals surface area (Å²) < 4.78 is 17.2. The predicted molar refractivity (Wildman–Crippen MR) is 91.0 cm³/mol. The van der Waals surface area contributed by atoms with Crippen LogP contribution in [0.4, 0.5) is 0 Å². The highest BCUT2D eigenvalue weighted by molar-refractivity contribution is 5.78. The molecule has 1 aromatic carbocycles. The Morgan fingerprint density at radius 1 is 1.12 bits per heavy atom. The summed E-state index contributed by atoms with van der Waals surface area (Å²) >= 11 is 0. The summed E-state index contributed by atoms with van der Waals surface area (Å²) in [7, 11) is 0. The number of hydrogen-bond donors (Lipinski definition) is 0. The zero-order valence-electron chi connectivity index (χ0n) is 14.8. The van der Waals surface area contributed by atoms with Crippen molar-refractivity contribution >= 4 is 5.91 Å². The third kappa shape index (κ3) is 4.28. The number of ether oxygens (including phenoxy) is 3. The number of carbonyl (C=O) groups excluding carboxylic acids is 1. The second kappa shape index (κ2) is 6.73. The molecule has 2 saturated heterocycles. The molecule has 0 aliphatic carbocycles. The van der Waals surface area contributed by atoms with E-state index in [4.69, 9.17) is 14.2 Å². The SMILES string of the molecule is CC(C)(C)Oc1ccc(CC(=O)N2CCC3(CC2)OCCO3)cc1. The van der Waals surface area contributed by atoms with Gasteiger partial charge in [-0.1, -0.05) is 12.1 Å². The van der Waals surface area contributed by atoms with E-state index in [2.05, 4.69) is 0 Å². The van der Waals surface area contributed by atoms with Gasteiger partial charge in [0.1, 0.15) is 11.4 Å². The topological polar surface area (TPSA) is 48.0 Å². The van der Waals surface area contributed by atoms with Gasteiger partial charge >= 0.3 is 0 Å². The number of piperidine rings is 1. The molecule has 132 valence electrons. The summed E-state index contributed by atoms with van der Waals surface area (Å²) in [6.45, 7) is 8.78. The Bertz CT molecular complexity index is 560. The Balaban J connectivity index is 1.52. The highest BCUT2D eigenvalue weighted by Gasteiger charge is 2.40. The minimum absolute atomic E-state index is 0.160. The molecule has 2 fully saturated rings. The molecule has 0 bridgehead atoms. The van der Waals surface area contributed by atoms with Crippen molar-refractivity contribution in [3.8, 4) is 5.75 Å². The normalized spacial score (nSPS) is 20.4. The standard InChI is InChI=1S/C19H27NO4/c1-18(2,3)24-16-6-4-15(5-7-16)14-17(21)20-10-8-19(9-11-20)22-12-13-23-19/h4-7H,8-14H2,1-3H3. The van der Waals surface area contributed by atoms with E-state index in [9.17, 15) is 4.79 Å². The van der Waals surface area contributed by atoms with Gasteiger partial charge in [-0.05, 0) is 38.5 Å². The molecule has 0 radical (unpaired) electrons. The van der Waals surface area contributed by atoms with Gasteiger partial charge in [-0.3, -0.25) is 4.79 Å². The minimum Gasteiger partial charge on any atom is -0.488 e. The number of benzene rings is 1. The van der Waals surface area contributed by atoms with E-state index in [-0.39, 0.29) is 11.5 Å². The first-order chi connectivity index (χ1) is 11.4. The second-order valence-electron chi connectivity index (χ2n) is 7.52. The Labute approximate surface area is 143 Å². The molecule has 0 saturated carbocycles. The number of hydrogen-bond acceptors (Lipinski definition) is 4. The van der Waals surface area contributed by atoms with Crippen molar-refractivity contribution in [2.24, 2.45) is 0 Å². The average molecular weight is 333 g/mol. The van der Waals surface area contributed by atoms with Crippen molar-refractivity contribution in [3.05, 3.63) is 29.8 Å². The predicted octanol–water partition coefficient (Wildman–Crippen LogP) is 2.77. The average Bonchev–Trinajstić information content (AvgIpc) is 2.97. The number of likely N-dealkylation sites (tertiary alicyclic amines) is 1. The molecular formula is C19H27NO4. The molecule has 24 heavy (non-hydrogen) atoms. The molecule has 5 heteroatoms. The van der Waals surface area contributed by atoms with Crippen LogP contribution in [0.3, 0.4) is 0 Å². The van der Waals surface area contributed by atoms with Crippen molar-refractivity contribution in [3.63, 3.8) is 0 Å². The van der Waals surface area contributed by atoms with E-state index in [0.29, 0.717) is 32.7 Å². The van der Waals surface area contributed by atoms with Gasteiger partial charge in [0, 0.05) is 25.9 Å². The number of carbonyl (C=O) groups is 1. The molecular weight excluding hydrogens is 306 g/mol. The third-order valence-electron chi connectivity index (χ3n) is 4.39. The quantitative estimate of drug-likeness (QED) is 0.853. The van der Waals surface area contributed by atoms with Crippen LogP contribution in [0, 0.1) is 0 Å². The highest BCUT2D eigenvalue weighted by Crippen LogP contribution is 2.31. The van der Waals surface area contributed by atoms with Crippen LogP contribution in [0.2, 0.25) is 0 Å². The zero-order valence-corrected chi connectivity index (χ0v) is 14.8. The van der Waals surface area contributed by atoms with Crippen LogP contribution >= 0.6 is 0 Å². The highest BCUT2D eigenvalue weighted by atomic mass is 16.7. The van der Waals surface area contributed by atoms with Crippen LogP contribution in [-0.2, 0) is 20.7 Å². The molecule has 3 rings (SSSR count). The van der Waals surface area contributed by atoms with E-state index in [1.165, 1.54) is 0 Å². The van der Waals surface area contributed by atoms with Crippen LogP contribution in [0.25, 0.3) is 0 Å². The van der Waals surface area contributed by atoms with Crippen molar-refractivity contribution in [2.75, 3.05) is 26.3 Å². The Morgan fingerprint density at radius 2 is 1.71 bits per heavy atom. The molecule has 2 heterocycles. The first-order valence-corrected chi connectivity index (χ1v) is 8.69. The van der Waals surface area contributed by atoms with Gasteiger partial charge in [0.15, 0.2) is 5.79 Å². The van der Waals surface area contributed by atoms with Crippen LogP contribution in [0.5, 0.6) is 5.75 Å². The lowest BCUT2D eigenvalue weighted by Crippen LogP contribution is -2.47. The first-order valence-electron chi connectivity index (χ1n) is 8.69. The summed E-state index contributed by atoms with van der Waals surface area (Å²) in [6, 6.07) is 7.79. The molecule has 0 atom stereocenters. The van der Waals surface area contributed by atoms with Gasteiger partial charge in [-0.15, -0.1) is 0 Å². The zero-order chi connectivity index (χ0) is 17.2. The number of rotatable bonds is 3. The molecule has 0 unspecified atom stereocenters. The molecule has 5 nitrogen and oxygen atoms in total. The molecule has 0 N–H and O–H groups in total. The Morgan fingerprint density at radius 3 is 2.25 bits per heavy atom. The monoisotopic (exact) mass is 333 g/mol. The van der Waals surface area contributed by atoms with E-state index in [0.717, 1.165) is 24.2 Å². The fraction of sp³-hybridized carbons (Fsp3) is 0.632. The summed E-state index contributed by atoms with van der Waals surface area (Å²) in [4.78, 5) is 14.4. The lowest BCUT2D eigenvalue weighted by atomic mass is 10.0. The van der Waals surface area contributed by atoms with E-state index in [1.54, 1.807) is 0 Å². The summed E-state index contributed by atoms with van der Waals surface area (Å²) in [5.74, 6) is 0.560. The van der Waals surface area contributed by atoms with E-state index in [1.807, 2.05) is 49.9 Å². The van der Waals surface area contributed by atoms with Crippen LogP contribution < -0.4 is 4.74 Å². The maximum Gasteiger partial charge on any atom is 0.226 e. The molecule has 2 aliphatic rings. The molecule has 2 aliphatic heterocycles. The van der Waals surface area contributed by atoms with Crippen LogP contribution in [0.1, 0.15) is 39.2 Å². The van der Waals surface area contributed by atoms with Crippen molar-refractivity contribution in [1.29, 1.82) is 0 Å². The number of nitrogens with zero attached hydrogens (tertiary/aromatic N) is 1. The second-order valence-corrected chi connectivity index (χ2v) is 7.52. The van der Waals surface area contributed by atoms with Crippen molar-refractivity contribution < 1.29 is 19.0 Å². The van der Waals surface area contributed by atoms with Gasteiger partial charge in [-0.25, -0.2) is 0 Å². The van der Waals surface area contributed by atoms with E-state index >= 15 is 0 Å². The minimum atomic E-state index is -0.428. The number of amides is 1. The summed E-state index contributed by atoms with van der Waals surface area (Å²) in [5.41, 5.74) is 0.792. The lowest BCUT2D eigenvalue weighted by Gasteiger charge is -2.37. The maximum absolute atomic E-state index is 12.5. The summed E-state index contributed by atoms with van der Waals surface area (Å²) in [6.07, 6.45) is 1.94.